The maximum Gasteiger partial charge on any atom is 0.191 e. The van der Waals surface area contributed by atoms with Gasteiger partial charge >= 0.3 is 0 Å². The molecule has 0 aliphatic heterocycles. The number of allylic oxidation sites excluding steroid dienone is 3. The Kier molecular flexibility index (Phi) is 10.1. The van der Waals surface area contributed by atoms with Crippen LogP contribution in [0.2, 0.25) is 19.1 Å². The maximum absolute atomic E-state index is 6.34. The fourth-order valence-electron chi connectivity index (χ4n) is 5.23. The van der Waals surface area contributed by atoms with Crippen LogP contribution < -0.4 is 9.47 Å². The Morgan fingerprint density at radius 2 is 1.75 bits per heavy atom. The zero-order valence-corrected chi connectivity index (χ0v) is 22.8. The summed E-state index contributed by atoms with van der Waals surface area (Å²) in [5.41, 5.74) is 5.21. The van der Waals surface area contributed by atoms with Crippen LogP contribution in [0.4, 0.5) is 0 Å². The second kappa shape index (κ2) is 12.1. The first-order valence-electron chi connectivity index (χ1n) is 12.4. The van der Waals surface area contributed by atoms with Gasteiger partial charge in [0.05, 0.1) is 14.2 Å². The smallest absolute Gasteiger partial charge is 0.191 e. The van der Waals surface area contributed by atoms with Crippen molar-refractivity contribution in [1.29, 1.82) is 0 Å². The lowest BCUT2D eigenvalue weighted by atomic mass is 9.73. The molecule has 0 unspecified atom stereocenters. The summed E-state index contributed by atoms with van der Waals surface area (Å²) in [7, 11) is 1.80. The number of hydrogen-bond acceptors (Lipinski definition) is 3. The summed E-state index contributed by atoms with van der Waals surface area (Å²) in [6.45, 7) is 17.7. The number of benzene rings is 1. The fraction of sp³-hybridized carbons (Fsp3) is 0.643. The number of rotatable bonds is 12. The lowest BCUT2D eigenvalue weighted by molar-refractivity contribution is 0.232. The molecule has 1 aliphatic carbocycles. The Hall–Kier alpha value is -1.52. The highest BCUT2D eigenvalue weighted by atomic mass is 28.4. The molecule has 0 spiro atoms. The Balaban J connectivity index is 2.47. The molecule has 0 amide bonds. The van der Waals surface area contributed by atoms with E-state index < -0.39 is 8.32 Å². The number of ether oxygens (including phenoxy) is 2. The van der Waals surface area contributed by atoms with E-state index in [2.05, 4.69) is 65.6 Å². The normalized spacial score (nSPS) is 19.1. The van der Waals surface area contributed by atoms with Crippen LogP contribution in [0.1, 0.15) is 76.8 Å². The molecule has 0 saturated carbocycles. The van der Waals surface area contributed by atoms with Crippen molar-refractivity contribution in [2.24, 2.45) is 5.92 Å². The van der Waals surface area contributed by atoms with Crippen LogP contribution in [-0.2, 0) is 10.8 Å². The van der Waals surface area contributed by atoms with E-state index in [-0.39, 0.29) is 12.0 Å². The fourth-order valence-corrected chi connectivity index (χ4v) is 7.98. The van der Waals surface area contributed by atoms with Gasteiger partial charge in [-0.25, -0.2) is 0 Å². The molecule has 3 nitrogen and oxygen atoms in total. The molecule has 180 valence electrons. The molecule has 1 aliphatic rings. The molecule has 2 rings (SSSR count). The van der Waals surface area contributed by atoms with Crippen LogP contribution in [-0.4, -0.2) is 28.6 Å². The first-order valence-corrected chi connectivity index (χ1v) is 15.5. The molecule has 2 atom stereocenters. The Morgan fingerprint density at radius 1 is 1.12 bits per heavy atom. The zero-order valence-electron chi connectivity index (χ0n) is 21.8. The third-order valence-corrected chi connectivity index (χ3v) is 8.89. The summed E-state index contributed by atoms with van der Waals surface area (Å²) in [5.74, 6) is 2.50. The van der Waals surface area contributed by atoms with Gasteiger partial charge in [-0.2, -0.15) is 0 Å². The van der Waals surface area contributed by atoms with E-state index in [1.165, 1.54) is 41.5 Å². The minimum absolute atomic E-state index is 0.217. The third kappa shape index (κ3) is 7.24. The van der Waals surface area contributed by atoms with Crippen molar-refractivity contribution < 1.29 is 13.9 Å². The average molecular weight is 459 g/mol. The molecule has 0 bridgehead atoms. The van der Waals surface area contributed by atoms with Gasteiger partial charge in [0.25, 0.3) is 0 Å². The van der Waals surface area contributed by atoms with E-state index in [9.17, 15) is 0 Å². The van der Waals surface area contributed by atoms with E-state index in [1.54, 1.807) is 14.2 Å². The number of hydrogen-bond donors (Lipinski definition) is 0. The summed E-state index contributed by atoms with van der Waals surface area (Å²) in [4.78, 5) is 0. The van der Waals surface area contributed by atoms with Gasteiger partial charge in [0.1, 0.15) is 11.5 Å². The van der Waals surface area contributed by atoms with Crippen LogP contribution in [0.15, 0.2) is 35.9 Å². The Labute approximate surface area is 198 Å². The quantitative estimate of drug-likeness (QED) is 0.180. The van der Waals surface area contributed by atoms with Gasteiger partial charge in [-0.1, -0.05) is 43.6 Å². The summed E-state index contributed by atoms with van der Waals surface area (Å²) < 4.78 is 18.2. The second-order valence-electron chi connectivity index (χ2n) is 10.3. The summed E-state index contributed by atoms with van der Waals surface area (Å²) in [5, 5.41) is 0. The van der Waals surface area contributed by atoms with Crippen LogP contribution >= 0.6 is 0 Å². The van der Waals surface area contributed by atoms with Gasteiger partial charge in [0, 0.05) is 17.6 Å². The van der Waals surface area contributed by atoms with Crippen molar-refractivity contribution in [3.8, 4) is 11.5 Å². The number of methoxy groups -OCH3 is 2. The molecule has 0 aromatic heterocycles. The number of unbranched alkanes of at least 4 members (excludes halogenated alkanes) is 2. The SMILES string of the molecule is C=C(C)[C@@H]1CCC(C[Si](C)(C)OC(C)C)=C[C@H]1c1c(OC)cc(CCCCC)cc1OC. The highest BCUT2D eigenvalue weighted by Crippen LogP contribution is 2.48. The molecule has 1 aromatic rings. The molecule has 0 saturated heterocycles. The molecule has 0 fully saturated rings. The van der Waals surface area contributed by atoms with E-state index in [1.807, 2.05) is 0 Å². The predicted molar refractivity (Wildman–Crippen MR) is 140 cm³/mol. The third-order valence-electron chi connectivity index (χ3n) is 6.47. The van der Waals surface area contributed by atoms with Gasteiger partial charge in [0.2, 0.25) is 0 Å². The van der Waals surface area contributed by atoms with E-state index in [0.717, 1.165) is 36.8 Å². The first-order chi connectivity index (χ1) is 15.1. The van der Waals surface area contributed by atoms with Crippen LogP contribution in [0.5, 0.6) is 11.5 Å². The van der Waals surface area contributed by atoms with Crippen LogP contribution in [0, 0.1) is 5.92 Å². The lowest BCUT2D eigenvalue weighted by Gasteiger charge is -2.35. The topological polar surface area (TPSA) is 27.7 Å². The van der Waals surface area contributed by atoms with E-state index in [4.69, 9.17) is 13.9 Å². The molecule has 0 radical (unpaired) electrons. The summed E-state index contributed by atoms with van der Waals surface area (Å²) >= 11 is 0. The first kappa shape index (κ1) is 26.7. The second-order valence-corrected chi connectivity index (χ2v) is 14.4. The minimum atomic E-state index is -1.76. The zero-order chi connectivity index (χ0) is 23.9. The highest BCUT2D eigenvalue weighted by Gasteiger charge is 2.34. The summed E-state index contributed by atoms with van der Waals surface area (Å²) in [6, 6.07) is 5.53. The maximum atomic E-state index is 6.34. The molecule has 0 N–H and O–H groups in total. The van der Waals surface area contributed by atoms with Crippen molar-refractivity contribution in [3.63, 3.8) is 0 Å². The molecular weight excluding hydrogens is 412 g/mol. The Bertz CT molecular complexity index is 769. The van der Waals surface area contributed by atoms with E-state index in [0.29, 0.717) is 5.92 Å². The predicted octanol–water partition coefficient (Wildman–Crippen LogP) is 8.06. The van der Waals surface area contributed by atoms with Gasteiger partial charge in [0.15, 0.2) is 8.32 Å². The minimum Gasteiger partial charge on any atom is -0.496 e. The standard InChI is InChI=1S/C28H46O3Si/c1-10-11-12-13-22-17-26(29-6)28(27(18-22)30-7)25-16-23(14-15-24(25)20(2)3)19-32(8,9)31-21(4)5/h16-18,21,24-25H,2,10-15,19H2,1,3-9H3/t24-,25+/m0/s1. The monoisotopic (exact) mass is 458 g/mol. The van der Waals surface area contributed by atoms with Crippen molar-refractivity contribution in [2.45, 2.75) is 97.4 Å². The van der Waals surface area contributed by atoms with Gasteiger partial charge < -0.3 is 13.9 Å². The summed E-state index contributed by atoms with van der Waals surface area (Å²) in [6.07, 6.45) is 9.72. The van der Waals surface area contributed by atoms with Gasteiger partial charge in [-0.05, 0) is 89.2 Å². The Morgan fingerprint density at radius 3 is 2.25 bits per heavy atom. The van der Waals surface area contributed by atoms with Crippen molar-refractivity contribution in [3.05, 3.63) is 47.1 Å². The van der Waals surface area contributed by atoms with Crippen LogP contribution in [0.3, 0.4) is 0 Å². The van der Waals surface area contributed by atoms with Crippen molar-refractivity contribution in [2.75, 3.05) is 14.2 Å². The molecular formula is C28H46O3Si. The van der Waals surface area contributed by atoms with E-state index >= 15 is 0 Å². The lowest BCUT2D eigenvalue weighted by Crippen LogP contribution is -2.34. The molecule has 32 heavy (non-hydrogen) atoms. The highest BCUT2D eigenvalue weighted by molar-refractivity contribution is 6.71. The van der Waals surface area contributed by atoms with Gasteiger partial charge in [-0.3, -0.25) is 0 Å². The molecule has 0 heterocycles. The van der Waals surface area contributed by atoms with Crippen molar-refractivity contribution in [1.82, 2.24) is 0 Å². The average Bonchev–Trinajstić information content (AvgIpc) is 2.71. The largest absolute Gasteiger partial charge is 0.496 e. The van der Waals surface area contributed by atoms with Crippen molar-refractivity contribution >= 4 is 8.32 Å². The molecule has 1 aromatic carbocycles. The molecule has 4 heteroatoms. The van der Waals surface area contributed by atoms with Gasteiger partial charge in [-0.15, -0.1) is 0 Å². The number of aryl methyl sites for hydroxylation is 1. The van der Waals surface area contributed by atoms with Crippen LogP contribution in [0.25, 0.3) is 0 Å².